The van der Waals surface area contributed by atoms with Crippen LogP contribution in [0.5, 0.6) is 0 Å². The lowest BCUT2D eigenvalue weighted by Gasteiger charge is -2.32. The van der Waals surface area contributed by atoms with E-state index in [1.54, 1.807) is 9.47 Å². The quantitative estimate of drug-likeness (QED) is 0.602. The average Bonchev–Trinajstić information content (AvgIpc) is 2.98. The normalized spacial score (nSPS) is 15.4. The van der Waals surface area contributed by atoms with Crippen LogP contribution in [0.25, 0.3) is 11.1 Å². The zero-order valence-electron chi connectivity index (χ0n) is 14.6. The summed E-state index contributed by atoms with van der Waals surface area (Å²) in [6.45, 7) is 2.98. The third kappa shape index (κ3) is 3.35. The molecule has 0 N–H and O–H groups in total. The van der Waals surface area contributed by atoms with Crippen molar-refractivity contribution in [1.29, 1.82) is 0 Å². The molecule has 27 heavy (non-hydrogen) atoms. The summed E-state index contributed by atoms with van der Waals surface area (Å²) in [5, 5.41) is 0.503. The van der Waals surface area contributed by atoms with E-state index in [1.807, 2.05) is 25.1 Å². The SMILES string of the molecule is Cc1ccc2c(c1)oc(=O)n2C1CCN(C(=O)c2cc(Cl)cnc2Cl)CC1. The van der Waals surface area contributed by atoms with Gasteiger partial charge in [0.25, 0.3) is 5.91 Å². The number of piperidine rings is 1. The molecule has 1 amide bonds. The molecule has 0 atom stereocenters. The van der Waals surface area contributed by atoms with Crippen molar-refractivity contribution in [1.82, 2.24) is 14.5 Å². The van der Waals surface area contributed by atoms with Crippen molar-refractivity contribution in [2.24, 2.45) is 0 Å². The van der Waals surface area contributed by atoms with Gasteiger partial charge in [0.2, 0.25) is 0 Å². The lowest BCUT2D eigenvalue weighted by atomic mass is 10.0. The highest BCUT2D eigenvalue weighted by atomic mass is 35.5. The first-order valence-electron chi connectivity index (χ1n) is 8.66. The highest BCUT2D eigenvalue weighted by Gasteiger charge is 2.28. The Kier molecular flexibility index (Phi) is 4.70. The van der Waals surface area contributed by atoms with Crippen LogP contribution >= 0.6 is 23.2 Å². The highest BCUT2D eigenvalue weighted by Crippen LogP contribution is 2.28. The average molecular weight is 406 g/mol. The van der Waals surface area contributed by atoms with Crippen LogP contribution in [-0.2, 0) is 0 Å². The molecule has 3 aromatic rings. The van der Waals surface area contributed by atoms with Gasteiger partial charge < -0.3 is 9.32 Å². The van der Waals surface area contributed by atoms with E-state index < -0.39 is 0 Å². The minimum absolute atomic E-state index is 0.0153. The summed E-state index contributed by atoms with van der Waals surface area (Å²) in [5.41, 5.74) is 2.72. The molecule has 140 valence electrons. The maximum Gasteiger partial charge on any atom is 0.420 e. The summed E-state index contributed by atoms with van der Waals surface area (Å²) < 4.78 is 7.09. The lowest BCUT2D eigenvalue weighted by molar-refractivity contribution is 0.0693. The first-order valence-corrected chi connectivity index (χ1v) is 9.41. The van der Waals surface area contributed by atoms with Gasteiger partial charge in [-0.25, -0.2) is 9.78 Å². The summed E-state index contributed by atoms with van der Waals surface area (Å²) in [5.74, 6) is -0.559. The van der Waals surface area contributed by atoms with Crippen LogP contribution in [-0.4, -0.2) is 33.4 Å². The van der Waals surface area contributed by atoms with Crippen LogP contribution in [0.15, 0.2) is 39.7 Å². The first-order chi connectivity index (χ1) is 12.9. The maximum atomic E-state index is 12.7. The van der Waals surface area contributed by atoms with E-state index >= 15 is 0 Å². The number of amides is 1. The predicted molar refractivity (Wildman–Crippen MR) is 104 cm³/mol. The zero-order valence-corrected chi connectivity index (χ0v) is 16.1. The van der Waals surface area contributed by atoms with Crippen molar-refractivity contribution in [2.45, 2.75) is 25.8 Å². The number of aromatic nitrogens is 2. The minimum Gasteiger partial charge on any atom is -0.408 e. The second kappa shape index (κ2) is 7.02. The fourth-order valence-corrected chi connectivity index (χ4v) is 3.90. The van der Waals surface area contributed by atoms with Crippen molar-refractivity contribution in [3.05, 3.63) is 62.3 Å². The maximum absolute atomic E-state index is 12.7. The number of likely N-dealkylation sites (tertiary alicyclic amines) is 1. The van der Waals surface area contributed by atoms with Crippen molar-refractivity contribution in [2.75, 3.05) is 13.1 Å². The molecule has 0 bridgehead atoms. The van der Waals surface area contributed by atoms with Gasteiger partial charge in [-0.05, 0) is 43.5 Å². The molecule has 0 spiro atoms. The molecule has 1 fully saturated rings. The standard InChI is InChI=1S/C19H17Cl2N3O3/c1-11-2-3-15-16(8-11)27-19(26)24(15)13-4-6-23(7-5-13)18(25)14-9-12(20)10-22-17(14)21/h2-3,8-10,13H,4-7H2,1H3. The Morgan fingerprint density at radius 2 is 1.96 bits per heavy atom. The molecule has 2 aromatic heterocycles. The number of carbonyl (C=O) groups excluding carboxylic acids is 1. The van der Waals surface area contributed by atoms with Gasteiger partial charge in [-0.3, -0.25) is 9.36 Å². The number of halogens is 2. The fraction of sp³-hybridized carbons (Fsp3) is 0.316. The number of pyridine rings is 1. The fourth-order valence-electron chi connectivity index (χ4n) is 3.56. The van der Waals surface area contributed by atoms with E-state index in [-0.39, 0.29) is 22.9 Å². The number of fused-ring (bicyclic) bond motifs is 1. The number of nitrogens with zero attached hydrogens (tertiary/aromatic N) is 3. The van der Waals surface area contributed by atoms with Crippen molar-refractivity contribution >= 4 is 40.2 Å². The van der Waals surface area contributed by atoms with E-state index in [9.17, 15) is 9.59 Å². The molecule has 1 saturated heterocycles. The molecule has 1 aliphatic heterocycles. The van der Waals surface area contributed by atoms with Gasteiger partial charge in [-0.1, -0.05) is 29.3 Å². The molecule has 0 aliphatic carbocycles. The van der Waals surface area contributed by atoms with Gasteiger partial charge in [0.15, 0.2) is 5.58 Å². The van der Waals surface area contributed by atoms with Crippen LogP contribution in [0.3, 0.4) is 0 Å². The molecule has 1 aliphatic rings. The van der Waals surface area contributed by atoms with Crippen LogP contribution < -0.4 is 5.76 Å². The Morgan fingerprint density at radius 1 is 1.22 bits per heavy atom. The molecule has 8 heteroatoms. The number of benzene rings is 1. The third-order valence-corrected chi connectivity index (χ3v) is 5.43. The molecule has 4 rings (SSSR count). The van der Waals surface area contributed by atoms with E-state index in [0.717, 1.165) is 11.1 Å². The Hall–Kier alpha value is -2.31. The molecule has 0 radical (unpaired) electrons. The van der Waals surface area contributed by atoms with E-state index in [1.165, 1.54) is 12.3 Å². The van der Waals surface area contributed by atoms with Crippen LogP contribution in [0.4, 0.5) is 0 Å². The number of rotatable bonds is 2. The molecule has 3 heterocycles. The number of hydrogen-bond donors (Lipinski definition) is 0. The van der Waals surface area contributed by atoms with Gasteiger partial charge in [-0.2, -0.15) is 0 Å². The van der Waals surface area contributed by atoms with Crippen LogP contribution in [0.1, 0.15) is 34.8 Å². The predicted octanol–water partition coefficient (Wildman–Crippen LogP) is 4.08. The Morgan fingerprint density at radius 3 is 2.70 bits per heavy atom. The van der Waals surface area contributed by atoms with Gasteiger partial charge >= 0.3 is 5.76 Å². The van der Waals surface area contributed by atoms with Crippen LogP contribution in [0.2, 0.25) is 10.2 Å². The molecule has 1 aromatic carbocycles. The molecule has 0 unspecified atom stereocenters. The van der Waals surface area contributed by atoms with Crippen LogP contribution in [0, 0.1) is 6.92 Å². The number of hydrogen-bond acceptors (Lipinski definition) is 4. The summed E-state index contributed by atoms with van der Waals surface area (Å²) in [6.07, 6.45) is 2.71. The van der Waals surface area contributed by atoms with E-state index in [2.05, 4.69) is 4.98 Å². The third-order valence-electron chi connectivity index (χ3n) is 4.92. The second-order valence-corrected chi connectivity index (χ2v) is 7.52. The minimum atomic E-state index is -0.359. The Labute approximate surface area is 165 Å². The monoisotopic (exact) mass is 405 g/mol. The van der Waals surface area contributed by atoms with E-state index in [4.69, 9.17) is 27.6 Å². The largest absolute Gasteiger partial charge is 0.420 e. The van der Waals surface area contributed by atoms with E-state index in [0.29, 0.717) is 42.1 Å². The van der Waals surface area contributed by atoms with Gasteiger partial charge in [-0.15, -0.1) is 0 Å². The smallest absolute Gasteiger partial charge is 0.408 e. The summed E-state index contributed by atoms with van der Waals surface area (Å²) in [4.78, 5) is 30.7. The Balaban J connectivity index is 1.54. The van der Waals surface area contributed by atoms with Crippen molar-refractivity contribution < 1.29 is 9.21 Å². The van der Waals surface area contributed by atoms with Gasteiger partial charge in [0.1, 0.15) is 5.15 Å². The zero-order chi connectivity index (χ0) is 19.1. The number of oxazole rings is 1. The topological polar surface area (TPSA) is 68.3 Å². The van der Waals surface area contributed by atoms with Gasteiger partial charge in [0, 0.05) is 25.3 Å². The molecule has 0 saturated carbocycles. The summed E-state index contributed by atoms with van der Waals surface area (Å²) >= 11 is 12.0. The lowest BCUT2D eigenvalue weighted by Crippen LogP contribution is -2.40. The van der Waals surface area contributed by atoms with Crippen molar-refractivity contribution in [3.8, 4) is 0 Å². The first kappa shape index (κ1) is 18.1. The summed E-state index contributed by atoms with van der Waals surface area (Å²) in [7, 11) is 0. The Bertz CT molecular complexity index is 1080. The number of aryl methyl sites for hydroxylation is 1. The summed E-state index contributed by atoms with van der Waals surface area (Å²) in [6, 6.07) is 7.24. The van der Waals surface area contributed by atoms with Crippen molar-refractivity contribution in [3.63, 3.8) is 0 Å². The molecule has 6 nitrogen and oxygen atoms in total. The molecular weight excluding hydrogens is 389 g/mol. The van der Waals surface area contributed by atoms with Gasteiger partial charge in [0.05, 0.1) is 16.1 Å². The highest BCUT2D eigenvalue weighted by molar-refractivity contribution is 6.34. The number of carbonyl (C=O) groups is 1. The second-order valence-electron chi connectivity index (χ2n) is 6.72. The molecular formula is C19H17Cl2N3O3.